The minimum absolute atomic E-state index is 0.0519. The number of hydrogen-bond acceptors (Lipinski definition) is 2. The first kappa shape index (κ1) is 23.9. The van der Waals surface area contributed by atoms with E-state index in [-0.39, 0.29) is 11.6 Å². The quantitative estimate of drug-likeness (QED) is 0.293. The van der Waals surface area contributed by atoms with Crippen LogP contribution in [0.4, 0.5) is 13.2 Å². The molecule has 3 aromatic carbocycles. The van der Waals surface area contributed by atoms with Gasteiger partial charge in [0.2, 0.25) is 0 Å². The van der Waals surface area contributed by atoms with Crippen LogP contribution in [0.3, 0.4) is 0 Å². The van der Waals surface area contributed by atoms with Crippen molar-refractivity contribution in [2.75, 3.05) is 0 Å². The van der Waals surface area contributed by atoms with E-state index in [2.05, 4.69) is 0 Å². The fourth-order valence-corrected chi connectivity index (χ4v) is 3.37. The summed E-state index contributed by atoms with van der Waals surface area (Å²) in [5, 5.41) is 0. The molecule has 0 N–H and O–H groups in total. The number of allylic oxidation sites excluding steroid dienone is 2. The van der Waals surface area contributed by atoms with Crippen LogP contribution in [0.25, 0.3) is 23.3 Å². The van der Waals surface area contributed by atoms with Gasteiger partial charge in [0.1, 0.15) is 0 Å². The molecule has 5 heteroatoms. The fourth-order valence-electron chi connectivity index (χ4n) is 3.37. The first-order valence-corrected chi connectivity index (χ1v) is 10.3. The smallest absolute Gasteiger partial charge is 0.294 e. The summed E-state index contributed by atoms with van der Waals surface area (Å²) in [5.41, 5.74) is 4.03. The average Bonchev–Trinajstić information content (AvgIpc) is 2.76. The number of ketones is 2. The molecule has 168 valence electrons. The molecule has 0 saturated heterocycles. The topological polar surface area (TPSA) is 34.1 Å². The fraction of sp³-hybridized carbons (Fsp3) is 0.143. The second-order valence-corrected chi connectivity index (χ2v) is 7.84. The molecule has 0 aliphatic heterocycles. The lowest BCUT2D eigenvalue weighted by atomic mass is 9.96. The number of rotatable bonds is 6. The minimum atomic E-state index is -4.43. The predicted molar refractivity (Wildman–Crippen MR) is 126 cm³/mol. The summed E-state index contributed by atoms with van der Waals surface area (Å²) >= 11 is 0. The lowest BCUT2D eigenvalue weighted by Crippen LogP contribution is -2.05. The van der Waals surface area contributed by atoms with Crippen molar-refractivity contribution in [3.8, 4) is 0 Å². The van der Waals surface area contributed by atoms with Gasteiger partial charge >= 0.3 is 6.18 Å². The van der Waals surface area contributed by atoms with Crippen molar-refractivity contribution in [2.45, 2.75) is 26.9 Å². The van der Waals surface area contributed by atoms with Crippen LogP contribution in [-0.2, 0) is 15.8 Å². The van der Waals surface area contributed by atoms with Crippen molar-refractivity contribution >= 4 is 34.9 Å². The Morgan fingerprint density at radius 3 is 1.33 bits per heavy atom. The Kier molecular flexibility index (Phi) is 7.12. The highest BCUT2D eigenvalue weighted by atomic mass is 19.4. The molecule has 3 aromatic rings. The van der Waals surface area contributed by atoms with Crippen molar-refractivity contribution in [3.05, 3.63) is 106 Å². The Labute approximate surface area is 191 Å². The van der Waals surface area contributed by atoms with Gasteiger partial charge in [-0.2, -0.15) is 13.2 Å². The number of carbonyl (C=O) groups is 2. The van der Waals surface area contributed by atoms with Crippen molar-refractivity contribution in [1.82, 2.24) is 0 Å². The van der Waals surface area contributed by atoms with Gasteiger partial charge in [-0.3, -0.25) is 9.59 Å². The lowest BCUT2D eigenvalue weighted by Gasteiger charge is -2.09. The number of Topliss-reactive ketones (excluding diaryl/α,β-unsaturated/α-hetero) is 2. The summed E-state index contributed by atoms with van der Waals surface area (Å²) in [4.78, 5) is 24.3. The van der Waals surface area contributed by atoms with E-state index in [1.807, 2.05) is 49.4 Å². The maximum atomic E-state index is 12.8. The molecule has 2 nitrogen and oxygen atoms in total. The predicted octanol–water partition coefficient (Wildman–Crippen LogP) is 7.27. The Hall–Kier alpha value is -3.73. The number of carbonyl (C=O) groups excluding carboxylic acids is 2. The van der Waals surface area contributed by atoms with Crippen LogP contribution in [0.5, 0.6) is 0 Å². The summed E-state index contributed by atoms with van der Waals surface area (Å²) in [6.45, 7) is 4.88. The zero-order valence-corrected chi connectivity index (χ0v) is 18.5. The van der Waals surface area contributed by atoms with Gasteiger partial charge in [-0.15, -0.1) is 0 Å². The van der Waals surface area contributed by atoms with E-state index in [0.717, 1.165) is 34.4 Å². The maximum absolute atomic E-state index is 12.8. The first-order valence-electron chi connectivity index (χ1n) is 10.3. The van der Waals surface area contributed by atoms with Crippen LogP contribution in [0, 0.1) is 6.92 Å². The standard InChI is InChI=1S/C28H23F3O2/c1-18-4-10-23(11-5-18)26(19(2)32)16-21-6-8-22(9-7-21)17-27(20(3)33)24-12-14-25(15-13-24)28(29,30)31/h4-17H,1-3H3/b26-16+,27-17+. The van der Waals surface area contributed by atoms with Crippen molar-refractivity contribution in [3.63, 3.8) is 0 Å². The summed E-state index contributed by atoms with van der Waals surface area (Å²) in [7, 11) is 0. The molecule has 0 bridgehead atoms. The molecule has 0 aromatic heterocycles. The normalized spacial score (nSPS) is 12.5. The molecule has 0 atom stereocenters. The van der Waals surface area contributed by atoms with Crippen LogP contribution in [0.2, 0.25) is 0 Å². The monoisotopic (exact) mass is 448 g/mol. The average molecular weight is 448 g/mol. The van der Waals surface area contributed by atoms with E-state index in [1.54, 1.807) is 18.2 Å². The van der Waals surface area contributed by atoms with E-state index in [4.69, 9.17) is 0 Å². The number of benzene rings is 3. The molecule has 0 spiro atoms. The van der Waals surface area contributed by atoms with Crippen molar-refractivity contribution in [2.24, 2.45) is 0 Å². The zero-order chi connectivity index (χ0) is 24.2. The minimum Gasteiger partial charge on any atom is -0.294 e. The molecular formula is C28H23F3O2. The molecule has 0 saturated carbocycles. The van der Waals surface area contributed by atoms with E-state index in [0.29, 0.717) is 16.7 Å². The van der Waals surface area contributed by atoms with Gasteiger partial charge in [-0.1, -0.05) is 66.2 Å². The SMILES string of the molecule is CC(=O)/C(=C\c1ccc(/C=C(\C(C)=O)c2ccc(C(F)(F)F)cc2)cc1)c1ccc(C)cc1. The summed E-state index contributed by atoms with van der Waals surface area (Å²) in [6, 6.07) is 19.5. The highest BCUT2D eigenvalue weighted by molar-refractivity contribution is 6.25. The second kappa shape index (κ2) is 9.82. The summed E-state index contributed by atoms with van der Waals surface area (Å²) in [6.07, 6.45) is -0.980. The molecule has 0 amide bonds. The van der Waals surface area contributed by atoms with Crippen LogP contribution in [0.1, 0.15) is 47.2 Å². The van der Waals surface area contributed by atoms with Gasteiger partial charge in [0, 0.05) is 11.1 Å². The first-order chi connectivity index (χ1) is 15.5. The van der Waals surface area contributed by atoms with Crippen LogP contribution >= 0.6 is 0 Å². The molecule has 3 rings (SSSR count). The zero-order valence-electron chi connectivity index (χ0n) is 18.5. The van der Waals surface area contributed by atoms with E-state index < -0.39 is 11.7 Å². The molecule has 33 heavy (non-hydrogen) atoms. The van der Waals surface area contributed by atoms with Gasteiger partial charge in [0.25, 0.3) is 0 Å². The third-order valence-corrected chi connectivity index (χ3v) is 5.20. The molecule has 0 heterocycles. The largest absolute Gasteiger partial charge is 0.416 e. The highest BCUT2D eigenvalue weighted by Crippen LogP contribution is 2.30. The number of aryl methyl sites for hydroxylation is 1. The van der Waals surface area contributed by atoms with Gasteiger partial charge in [-0.25, -0.2) is 0 Å². The number of alkyl halides is 3. The van der Waals surface area contributed by atoms with Gasteiger partial charge in [0.15, 0.2) is 11.6 Å². The van der Waals surface area contributed by atoms with Gasteiger partial charge < -0.3 is 0 Å². The Bertz CT molecular complexity index is 1210. The van der Waals surface area contributed by atoms with Crippen LogP contribution < -0.4 is 0 Å². The van der Waals surface area contributed by atoms with Crippen molar-refractivity contribution in [1.29, 1.82) is 0 Å². The molecule has 0 aliphatic rings. The number of hydrogen-bond donors (Lipinski definition) is 0. The third kappa shape index (κ3) is 6.16. The van der Waals surface area contributed by atoms with E-state index in [9.17, 15) is 22.8 Å². The molecule has 0 unspecified atom stereocenters. The van der Waals surface area contributed by atoms with Crippen LogP contribution in [-0.4, -0.2) is 11.6 Å². The highest BCUT2D eigenvalue weighted by Gasteiger charge is 2.30. The Balaban J connectivity index is 1.91. The summed E-state index contributed by atoms with van der Waals surface area (Å²) in [5.74, 6) is -0.305. The van der Waals surface area contributed by atoms with Crippen molar-refractivity contribution < 1.29 is 22.8 Å². The third-order valence-electron chi connectivity index (χ3n) is 5.20. The Morgan fingerprint density at radius 1 is 0.636 bits per heavy atom. The van der Waals surface area contributed by atoms with Crippen LogP contribution in [0.15, 0.2) is 72.8 Å². The molecule has 0 radical (unpaired) electrons. The molecule has 0 fully saturated rings. The van der Waals surface area contributed by atoms with Gasteiger partial charge in [0.05, 0.1) is 5.56 Å². The summed E-state index contributed by atoms with van der Waals surface area (Å²) < 4.78 is 38.5. The molecule has 0 aliphatic carbocycles. The van der Waals surface area contributed by atoms with E-state index >= 15 is 0 Å². The maximum Gasteiger partial charge on any atom is 0.416 e. The van der Waals surface area contributed by atoms with E-state index in [1.165, 1.54) is 26.0 Å². The second-order valence-electron chi connectivity index (χ2n) is 7.84. The van der Waals surface area contributed by atoms with Gasteiger partial charge in [-0.05, 0) is 67.3 Å². The number of halogens is 3. The Morgan fingerprint density at radius 2 is 1.00 bits per heavy atom. The lowest BCUT2D eigenvalue weighted by molar-refractivity contribution is -0.137. The molecular weight excluding hydrogens is 425 g/mol.